The van der Waals surface area contributed by atoms with E-state index < -0.39 is 0 Å². The van der Waals surface area contributed by atoms with Gasteiger partial charge >= 0.3 is 0 Å². The molecule has 1 aromatic rings. The molecule has 0 spiro atoms. The number of hydrogen-bond acceptors (Lipinski definition) is 4. The number of carbonyl (C=O) groups excluding carboxylic acids is 1. The van der Waals surface area contributed by atoms with Gasteiger partial charge in [0.25, 0.3) is 0 Å². The lowest BCUT2D eigenvalue weighted by Crippen LogP contribution is -2.34. The molecular weight excluding hydrogens is 242 g/mol. The average Bonchev–Trinajstić information content (AvgIpc) is 2.87. The van der Waals surface area contributed by atoms with E-state index in [0.29, 0.717) is 18.3 Å². The van der Waals surface area contributed by atoms with E-state index in [1.807, 2.05) is 31.3 Å². The SMILES string of the molecule is CNC1CCN(CC(=O)Nc2ccccc2OC)C1. The zero-order chi connectivity index (χ0) is 13.7. The average molecular weight is 263 g/mol. The first-order valence-electron chi connectivity index (χ1n) is 6.55. The van der Waals surface area contributed by atoms with E-state index in [1.54, 1.807) is 7.11 Å². The van der Waals surface area contributed by atoms with E-state index in [2.05, 4.69) is 15.5 Å². The van der Waals surface area contributed by atoms with Gasteiger partial charge in [0.1, 0.15) is 5.75 Å². The second-order valence-electron chi connectivity index (χ2n) is 4.76. The number of hydrogen-bond donors (Lipinski definition) is 2. The van der Waals surface area contributed by atoms with Crippen LogP contribution in [0.2, 0.25) is 0 Å². The molecule has 1 amide bonds. The molecule has 104 valence electrons. The van der Waals surface area contributed by atoms with Crippen LogP contribution in [0.5, 0.6) is 5.75 Å². The van der Waals surface area contributed by atoms with E-state index >= 15 is 0 Å². The van der Waals surface area contributed by atoms with Crippen LogP contribution in [-0.2, 0) is 4.79 Å². The standard InChI is InChI=1S/C14H21N3O2/c1-15-11-7-8-17(9-11)10-14(18)16-12-5-3-4-6-13(12)19-2/h3-6,11,15H,7-10H2,1-2H3,(H,16,18). The number of likely N-dealkylation sites (tertiary alicyclic amines) is 1. The van der Waals surface area contributed by atoms with Gasteiger partial charge in [-0.2, -0.15) is 0 Å². The minimum Gasteiger partial charge on any atom is -0.495 e. The highest BCUT2D eigenvalue weighted by Crippen LogP contribution is 2.22. The first-order chi connectivity index (χ1) is 9.22. The Balaban J connectivity index is 1.87. The number of likely N-dealkylation sites (N-methyl/N-ethyl adjacent to an activating group) is 1. The molecule has 1 aliphatic heterocycles. The molecule has 1 saturated heterocycles. The number of nitrogens with one attached hydrogen (secondary N) is 2. The number of benzene rings is 1. The number of methoxy groups -OCH3 is 1. The molecule has 0 radical (unpaired) electrons. The van der Waals surface area contributed by atoms with Crippen LogP contribution >= 0.6 is 0 Å². The summed E-state index contributed by atoms with van der Waals surface area (Å²) < 4.78 is 5.21. The van der Waals surface area contributed by atoms with Crippen molar-refractivity contribution >= 4 is 11.6 Å². The fourth-order valence-electron chi connectivity index (χ4n) is 2.35. The Morgan fingerprint density at radius 3 is 2.95 bits per heavy atom. The van der Waals surface area contributed by atoms with Crippen LogP contribution in [0, 0.1) is 0 Å². The summed E-state index contributed by atoms with van der Waals surface area (Å²) in [6, 6.07) is 7.94. The second-order valence-corrected chi connectivity index (χ2v) is 4.76. The molecule has 1 atom stereocenters. The van der Waals surface area contributed by atoms with Crippen LogP contribution in [0.25, 0.3) is 0 Å². The number of anilines is 1. The highest BCUT2D eigenvalue weighted by Gasteiger charge is 2.22. The molecule has 1 aromatic carbocycles. The van der Waals surface area contributed by atoms with Crippen LogP contribution in [0.4, 0.5) is 5.69 Å². The zero-order valence-electron chi connectivity index (χ0n) is 11.5. The van der Waals surface area contributed by atoms with Gasteiger partial charge in [-0.3, -0.25) is 9.69 Å². The third kappa shape index (κ3) is 3.68. The lowest BCUT2D eigenvalue weighted by atomic mass is 10.3. The lowest BCUT2D eigenvalue weighted by Gasteiger charge is -2.16. The number of rotatable bonds is 5. The van der Waals surface area contributed by atoms with Crippen molar-refractivity contribution in [3.8, 4) is 5.75 Å². The molecule has 19 heavy (non-hydrogen) atoms. The summed E-state index contributed by atoms with van der Waals surface area (Å²) in [5.41, 5.74) is 0.722. The molecule has 1 heterocycles. The Bertz CT molecular complexity index is 436. The van der Waals surface area contributed by atoms with E-state index in [4.69, 9.17) is 4.74 Å². The van der Waals surface area contributed by atoms with Gasteiger partial charge in [0.2, 0.25) is 5.91 Å². The molecule has 1 unspecified atom stereocenters. The van der Waals surface area contributed by atoms with Crippen LogP contribution in [-0.4, -0.2) is 50.6 Å². The third-order valence-corrected chi connectivity index (χ3v) is 3.43. The lowest BCUT2D eigenvalue weighted by molar-refractivity contribution is -0.117. The van der Waals surface area contributed by atoms with Crippen molar-refractivity contribution in [2.75, 3.05) is 39.1 Å². The highest BCUT2D eigenvalue weighted by atomic mass is 16.5. The maximum Gasteiger partial charge on any atom is 0.238 e. The Morgan fingerprint density at radius 1 is 1.47 bits per heavy atom. The van der Waals surface area contributed by atoms with Gasteiger partial charge in [0.05, 0.1) is 19.3 Å². The predicted molar refractivity (Wildman–Crippen MR) is 75.5 cm³/mol. The van der Waals surface area contributed by atoms with Crippen molar-refractivity contribution in [1.82, 2.24) is 10.2 Å². The largest absolute Gasteiger partial charge is 0.495 e. The van der Waals surface area contributed by atoms with Gasteiger partial charge in [0.15, 0.2) is 0 Å². The van der Waals surface area contributed by atoms with Crippen molar-refractivity contribution in [2.45, 2.75) is 12.5 Å². The van der Waals surface area contributed by atoms with Crippen LogP contribution < -0.4 is 15.4 Å². The van der Waals surface area contributed by atoms with Gasteiger partial charge in [-0.15, -0.1) is 0 Å². The number of para-hydroxylation sites is 2. The van der Waals surface area contributed by atoms with Gasteiger partial charge in [-0.25, -0.2) is 0 Å². The minimum absolute atomic E-state index is 0.00116. The van der Waals surface area contributed by atoms with Crippen LogP contribution in [0.1, 0.15) is 6.42 Å². The van der Waals surface area contributed by atoms with Gasteiger partial charge in [-0.05, 0) is 25.6 Å². The number of ether oxygens (including phenoxy) is 1. The van der Waals surface area contributed by atoms with Crippen LogP contribution in [0.3, 0.4) is 0 Å². The van der Waals surface area contributed by atoms with Gasteiger partial charge in [0, 0.05) is 19.1 Å². The number of amides is 1. The Labute approximate surface area is 113 Å². The molecule has 0 aliphatic carbocycles. The maximum atomic E-state index is 12.0. The quantitative estimate of drug-likeness (QED) is 0.830. The molecular formula is C14H21N3O2. The first-order valence-corrected chi connectivity index (χ1v) is 6.55. The molecule has 2 rings (SSSR count). The molecule has 2 N–H and O–H groups in total. The number of carbonyl (C=O) groups is 1. The van der Waals surface area contributed by atoms with Crippen molar-refractivity contribution < 1.29 is 9.53 Å². The normalized spacial score (nSPS) is 19.4. The molecule has 0 saturated carbocycles. The topological polar surface area (TPSA) is 53.6 Å². The summed E-state index contributed by atoms with van der Waals surface area (Å²) in [5, 5.41) is 6.14. The molecule has 0 aromatic heterocycles. The minimum atomic E-state index is 0.00116. The zero-order valence-corrected chi connectivity index (χ0v) is 11.5. The monoisotopic (exact) mass is 263 g/mol. The Kier molecular flexibility index (Phi) is 4.76. The Morgan fingerprint density at radius 2 is 2.26 bits per heavy atom. The Hall–Kier alpha value is -1.59. The van der Waals surface area contributed by atoms with Gasteiger partial charge < -0.3 is 15.4 Å². The second kappa shape index (κ2) is 6.54. The fourth-order valence-corrected chi connectivity index (χ4v) is 2.35. The summed E-state index contributed by atoms with van der Waals surface area (Å²) in [6.07, 6.45) is 1.10. The fraction of sp³-hybridized carbons (Fsp3) is 0.500. The molecule has 0 bridgehead atoms. The molecule has 5 nitrogen and oxygen atoms in total. The first kappa shape index (κ1) is 13.8. The molecule has 1 fully saturated rings. The van der Waals surface area contributed by atoms with Crippen molar-refractivity contribution in [3.63, 3.8) is 0 Å². The van der Waals surface area contributed by atoms with Crippen molar-refractivity contribution in [2.24, 2.45) is 0 Å². The van der Waals surface area contributed by atoms with Crippen molar-refractivity contribution in [1.29, 1.82) is 0 Å². The van der Waals surface area contributed by atoms with E-state index in [-0.39, 0.29) is 5.91 Å². The summed E-state index contributed by atoms with van der Waals surface area (Å²) in [4.78, 5) is 14.2. The van der Waals surface area contributed by atoms with Crippen LogP contribution in [0.15, 0.2) is 24.3 Å². The summed E-state index contributed by atoms with van der Waals surface area (Å²) in [7, 11) is 3.56. The van der Waals surface area contributed by atoms with E-state index in [9.17, 15) is 4.79 Å². The third-order valence-electron chi connectivity index (χ3n) is 3.43. The van der Waals surface area contributed by atoms with E-state index in [0.717, 1.165) is 25.2 Å². The van der Waals surface area contributed by atoms with E-state index in [1.165, 1.54) is 0 Å². The van der Waals surface area contributed by atoms with Crippen molar-refractivity contribution in [3.05, 3.63) is 24.3 Å². The molecule has 1 aliphatic rings. The smallest absolute Gasteiger partial charge is 0.238 e. The summed E-state index contributed by atoms with van der Waals surface area (Å²) in [6.45, 7) is 2.32. The van der Waals surface area contributed by atoms with Gasteiger partial charge in [-0.1, -0.05) is 12.1 Å². The highest BCUT2D eigenvalue weighted by molar-refractivity contribution is 5.93. The number of nitrogens with zero attached hydrogens (tertiary/aromatic N) is 1. The molecule has 5 heteroatoms. The summed E-state index contributed by atoms with van der Waals surface area (Å²) in [5.74, 6) is 0.687. The summed E-state index contributed by atoms with van der Waals surface area (Å²) >= 11 is 0. The predicted octanol–water partition coefficient (Wildman–Crippen LogP) is 0.927. The maximum absolute atomic E-state index is 12.0.